The lowest BCUT2D eigenvalue weighted by Gasteiger charge is -2.12. The first-order valence-electron chi connectivity index (χ1n) is 5.54. The van der Waals surface area contributed by atoms with Crippen LogP contribution < -0.4 is 0 Å². The third-order valence-corrected chi connectivity index (χ3v) is 3.71. The maximum absolute atomic E-state index is 12.8. The van der Waals surface area contributed by atoms with Crippen LogP contribution in [0.4, 0.5) is 26.3 Å². The Labute approximate surface area is 123 Å². The highest BCUT2D eigenvalue weighted by molar-refractivity contribution is 7.10. The number of phenolic OH excluding ortho intramolecular Hbond substituents is 1. The van der Waals surface area contributed by atoms with Gasteiger partial charge in [0.05, 0.1) is 17.2 Å². The van der Waals surface area contributed by atoms with Crippen LogP contribution in [0.25, 0.3) is 11.1 Å². The first kappa shape index (κ1) is 16.2. The van der Waals surface area contributed by atoms with Crippen LogP contribution in [-0.2, 0) is 12.4 Å². The van der Waals surface area contributed by atoms with Gasteiger partial charge in [0.2, 0.25) is 0 Å². The number of thiophene rings is 1. The van der Waals surface area contributed by atoms with Gasteiger partial charge in [-0.3, -0.25) is 0 Å². The van der Waals surface area contributed by atoms with E-state index in [0.717, 1.165) is 11.4 Å². The number of rotatable bonds is 1. The molecule has 2 rings (SSSR count). The second kappa shape index (κ2) is 5.21. The molecular weight excluding hydrogens is 332 g/mol. The second-order valence-electron chi connectivity index (χ2n) is 4.23. The maximum atomic E-state index is 12.8. The van der Waals surface area contributed by atoms with Gasteiger partial charge in [-0.15, -0.1) is 11.3 Å². The van der Waals surface area contributed by atoms with Crippen LogP contribution in [0.1, 0.15) is 16.0 Å². The standard InChI is InChI=1S/C13H5F6NOS/c14-12(15,16)9-2-6(4-20)1-8(11(9)21)7-3-10(22-5-7)13(17,18)19/h1-3,5,21H. The lowest BCUT2D eigenvalue weighted by molar-refractivity contribution is -0.138. The monoisotopic (exact) mass is 337 g/mol. The van der Waals surface area contributed by atoms with Crippen molar-refractivity contribution in [3.8, 4) is 22.9 Å². The average molecular weight is 337 g/mol. The van der Waals surface area contributed by atoms with Gasteiger partial charge < -0.3 is 5.11 Å². The molecule has 1 heterocycles. The Bertz CT molecular complexity index is 753. The number of nitrogens with zero attached hydrogens (tertiary/aromatic N) is 1. The molecule has 0 amide bonds. The number of phenols is 1. The van der Waals surface area contributed by atoms with E-state index in [1.807, 2.05) is 0 Å². The van der Waals surface area contributed by atoms with Crippen LogP contribution in [0, 0.1) is 11.3 Å². The van der Waals surface area contributed by atoms with Gasteiger partial charge in [0.25, 0.3) is 0 Å². The zero-order chi connectivity index (χ0) is 16.7. The minimum absolute atomic E-state index is 0.238. The Balaban J connectivity index is 2.66. The summed E-state index contributed by atoms with van der Waals surface area (Å²) in [7, 11) is 0. The first-order valence-corrected chi connectivity index (χ1v) is 6.42. The molecule has 0 saturated heterocycles. The number of aromatic hydroxyl groups is 1. The normalized spacial score (nSPS) is 12.2. The van der Waals surface area contributed by atoms with E-state index in [4.69, 9.17) is 5.26 Å². The fourth-order valence-corrected chi connectivity index (χ4v) is 2.54. The van der Waals surface area contributed by atoms with Gasteiger partial charge in [-0.1, -0.05) is 0 Å². The zero-order valence-corrected chi connectivity index (χ0v) is 11.2. The molecule has 0 bridgehead atoms. The molecule has 1 aromatic heterocycles. The van der Waals surface area contributed by atoms with Crippen molar-refractivity contribution in [1.82, 2.24) is 0 Å². The molecule has 0 aliphatic carbocycles. The first-order chi connectivity index (χ1) is 10.0. The summed E-state index contributed by atoms with van der Waals surface area (Å²) in [5.74, 6) is -1.21. The summed E-state index contributed by atoms with van der Waals surface area (Å²) < 4.78 is 76.1. The van der Waals surface area contributed by atoms with Crippen molar-refractivity contribution in [2.24, 2.45) is 0 Å². The number of hydrogen-bond donors (Lipinski definition) is 1. The summed E-state index contributed by atoms with van der Waals surface area (Å²) in [6, 6.07) is 3.46. The molecule has 0 fully saturated rings. The molecule has 0 radical (unpaired) electrons. The Morgan fingerprint density at radius 3 is 2.09 bits per heavy atom. The van der Waals surface area contributed by atoms with E-state index in [1.54, 1.807) is 0 Å². The van der Waals surface area contributed by atoms with E-state index in [2.05, 4.69) is 0 Å². The summed E-state index contributed by atoms with van der Waals surface area (Å²) in [6.45, 7) is 0. The predicted octanol–water partition coefficient (Wildman–Crippen LogP) is 5.03. The average Bonchev–Trinajstić information content (AvgIpc) is 2.87. The molecule has 2 nitrogen and oxygen atoms in total. The fraction of sp³-hybridized carbons (Fsp3) is 0.154. The molecule has 1 N–H and O–H groups in total. The molecule has 1 aromatic carbocycles. The third kappa shape index (κ3) is 3.01. The molecular formula is C13H5F6NOS. The van der Waals surface area contributed by atoms with E-state index >= 15 is 0 Å². The third-order valence-electron chi connectivity index (χ3n) is 2.73. The van der Waals surface area contributed by atoms with Crippen LogP contribution in [0.2, 0.25) is 0 Å². The predicted molar refractivity (Wildman–Crippen MR) is 66.1 cm³/mol. The van der Waals surface area contributed by atoms with Crippen LogP contribution in [0.5, 0.6) is 5.75 Å². The lowest BCUT2D eigenvalue weighted by Crippen LogP contribution is -2.06. The number of halogens is 6. The SMILES string of the molecule is N#Cc1cc(-c2csc(C(F)(F)F)c2)c(O)c(C(F)(F)F)c1. The molecule has 0 saturated carbocycles. The molecule has 0 atom stereocenters. The van der Waals surface area contributed by atoms with Crippen LogP contribution in [-0.4, -0.2) is 5.11 Å². The highest BCUT2D eigenvalue weighted by Crippen LogP contribution is 2.44. The molecule has 0 aliphatic heterocycles. The topological polar surface area (TPSA) is 44.0 Å². The van der Waals surface area contributed by atoms with Gasteiger partial charge in [-0.25, -0.2) is 0 Å². The van der Waals surface area contributed by atoms with E-state index in [1.165, 1.54) is 6.07 Å². The van der Waals surface area contributed by atoms with Crippen LogP contribution in [0.3, 0.4) is 0 Å². The maximum Gasteiger partial charge on any atom is 0.425 e. The van der Waals surface area contributed by atoms with Gasteiger partial charge in [0.1, 0.15) is 10.6 Å². The number of benzene rings is 1. The minimum atomic E-state index is -4.94. The van der Waals surface area contributed by atoms with Crippen molar-refractivity contribution >= 4 is 11.3 Å². The molecule has 116 valence electrons. The molecule has 22 heavy (non-hydrogen) atoms. The van der Waals surface area contributed by atoms with Crippen molar-refractivity contribution in [2.45, 2.75) is 12.4 Å². The van der Waals surface area contributed by atoms with Gasteiger partial charge in [0.15, 0.2) is 0 Å². The summed E-state index contributed by atoms with van der Waals surface area (Å²) in [6.07, 6.45) is -9.58. The second-order valence-corrected chi connectivity index (χ2v) is 5.14. The Morgan fingerprint density at radius 2 is 1.64 bits per heavy atom. The Morgan fingerprint density at radius 1 is 1.00 bits per heavy atom. The van der Waals surface area contributed by atoms with E-state index < -0.39 is 39.7 Å². The fourth-order valence-electron chi connectivity index (χ4n) is 1.76. The summed E-state index contributed by atoms with van der Waals surface area (Å²) in [4.78, 5) is -1.02. The van der Waals surface area contributed by atoms with E-state index in [9.17, 15) is 31.4 Å². The quantitative estimate of drug-likeness (QED) is 0.742. The lowest BCUT2D eigenvalue weighted by atomic mass is 10.00. The van der Waals surface area contributed by atoms with E-state index in [-0.39, 0.29) is 16.9 Å². The van der Waals surface area contributed by atoms with Crippen molar-refractivity contribution in [3.63, 3.8) is 0 Å². The number of nitriles is 1. The zero-order valence-electron chi connectivity index (χ0n) is 10.4. The van der Waals surface area contributed by atoms with Crippen molar-refractivity contribution < 1.29 is 31.4 Å². The minimum Gasteiger partial charge on any atom is -0.507 e. The number of alkyl halides is 6. The largest absolute Gasteiger partial charge is 0.507 e. The highest BCUT2D eigenvalue weighted by atomic mass is 32.1. The van der Waals surface area contributed by atoms with Gasteiger partial charge in [0, 0.05) is 5.56 Å². The van der Waals surface area contributed by atoms with Crippen molar-refractivity contribution in [3.05, 3.63) is 39.6 Å². The number of hydrogen-bond acceptors (Lipinski definition) is 3. The van der Waals surface area contributed by atoms with Gasteiger partial charge in [-0.05, 0) is 29.1 Å². The Kier molecular flexibility index (Phi) is 3.83. The molecule has 2 aromatic rings. The molecule has 0 spiro atoms. The highest BCUT2D eigenvalue weighted by Gasteiger charge is 2.37. The molecule has 0 aliphatic rings. The summed E-state index contributed by atoms with van der Waals surface area (Å²) in [5.41, 5.74) is -2.60. The smallest absolute Gasteiger partial charge is 0.425 e. The summed E-state index contributed by atoms with van der Waals surface area (Å²) in [5, 5.41) is 19.4. The van der Waals surface area contributed by atoms with Crippen LogP contribution in [0.15, 0.2) is 23.6 Å². The molecule has 0 unspecified atom stereocenters. The van der Waals surface area contributed by atoms with Crippen molar-refractivity contribution in [1.29, 1.82) is 5.26 Å². The van der Waals surface area contributed by atoms with Gasteiger partial charge >= 0.3 is 12.4 Å². The van der Waals surface area contributed by atoms with Crippen LogP contribution >= 0.6 is 11.3 Å². The summed E-state index contributed by atoms with van der Waals surface area (Å²) >= 11 is 0.287. The van der Waals surface area contributed by atoms with E-state index in [0.29, 0.717) is 12.1 Å². The molecule has 9 heteroatoms. The van der Waals surface area contributed by atoms with Crippen molar-refractivity contribution in [2.75, 3.05) is 0 Å². The Hall–Kier alpha value is -2.21. The van der Waals surface area contributed by atoms with Gasteiger partial charge in [-0.2, -0.15) is 31.6 Å².